The third-order valence-electron chi connectivity index (χ3n) is 4.30. The molecule has 120 valence electrons. The van der Waals surface area contributed by atoms with Gasteiger partial charge in [-0.3, -0.25) is 9.69 Å². The molecule has 9 heteroatoms. The van der Waals surface area contributed by atoms with Crippen molar-refractivity contribution in [1.29, 1.82) is 0 Å². The predicted molar refractivity (Wildman–Crippen MR) is 64.9 cm³/mol. The van der Waals surface area contributed by atoms with Gasteiger partial charge in [0, 0.05) is 31.0 Å². The summed E-state index contributed by atoms with van der Waals surface area (Å²) in [5, 5.41) is 11.0. The zero-order valence-electron chi connectivity index (χ0n) is 12.8. The molecule has 0 aromatic heterocycles. The van der Waals surface area contributed by atoms with Crippen LogP contribution in [0.25, 0.3) is 0 Å². The number of carboxylic acid groups (broad SMARTS) is 1. The molecule has 5 nitrogen and oxygen atoms in total. The number of alkyl halides is 3. The number of carboxylic acids is 1. The van der Waals surface area contributed by atoms with Gasteiger partial charge in [-0.15, -0.1) is 0 Å². The Morgan fingerprint density at radius 2 is 1.95 bits per heavy atom. The summed E-state index contributed by atoms with van der Waals surface area (Å²) in [5.74, 6) is -1.91. The van der Waals surface area contributed by atoms with Crippen LogP contribution in [0.2, 0.25) is 0 Å². The molecule has 0 aromatic carbocycles. The normalized spacial score (nSPS) is 29.5. The van der Waals surface area contributed by atoms with Gasteiger partial charge in [0.15, 0.2) is 0 Å². The molecule has 0 saturated carbocycles. The second-order valence-corrected chi connectivity index (χ2v) is 6.19. The van der Waals surface area contributed by atoms with Crippen LogP contribution >= 0.6 is 0 Å². The summed E-state index contributed by atoms with van der Waals surface area (Å²) in [6.07, 6.45) is -3.56. The fraction of sp³-hybridized carbons (Fsp3) is 0.846. The van der Waals surface area contributed by atoms with Gasteiger partial charge in [0.1, 0.15) is 0 Å². The van der Waals surface area contributed by atoms with Crippen LogP contribution in [0.1, 0.15) is 19.8 Å². The molecule has 2 rings (SSSR count). The Morgan fingerprint density at radius 1 is 1.32 bits per heavy atom. The topological polar surface area (TPSA) is 63.7 Å². The van der Waals surface area contributed by atoms with Crippen molar-refractivity contribution in [2.45, 2.75) is 25.9 Å². The Morgan fingerprint density at radius 3 is 2.45 bits per heavy atom. The van der Waals surface area contributed by atoms with Gasteiger partial charge in [-0.2, -0.15) is 13.2 Å². The summed E-state index contributed by atoms with van der Waals surface area (Å²) in [7, 11) is 0. The predicted octanol–water partition coefficient (Wildman–Crippen LogP) is -3.14. The third kappa shape index (κ3) is 4.91. The number of carbonyl (C=O) groups is 2. The zero-order chi connectivity index (χ0) is 15.8. The molecule has 0 aliphatic carbocycles. The van der Waals surface area contributed by atoms with Crippen molar-refractivity contribution >= 4 is 11.9 Å². The summed E-state index contributed by atoms with van der Waals surface area (Å²) in [6, 6.07) is 0. The van der Waals surface area contributed by atoms with Crippen LogP contribution in [-0.4, -0.2) is 60.6 Å². The monoisotopic (exact) mass is 346 g/mol. The number of likely N-dealkylation sites (tertiary alicyclic amines) is 2. The van der Waals surface area contributed by atoms with Crippen molar-refractivity contribution in [2.75, 3.05) is 32.7 Å². The molecule has 2 aliphatic heterocycles. The first kappa shape index (κ1) is 20.4. The van der Waals surface area contributed by atoms with Gasteiger partial charge in [0.05, 0.1) is 12.5 Å². The Balaban J connectivity index is 0.00000242. The molecule has 2 heterocycles. The van der Waals surface area contributed by atoms with Crippen LogP contribution < -0.4 is 56.5 Å². The Labute approximate surface area is 169 Å². The first-order chi connectivity index (χ1) is 9.61. The second-order valence-electron chi connectivity index (χ2n) is 6.19. The van der Waals surface area contributed by atoms with Crippen molar-refractivity contribution in [3.05, 3.63) is 0 Å². The van der Waals surface area contributed by atoms with E-state index in [1.165, 1.54) is 16.7 Å². The molecular weight excluding hydrogens is 328 g/mol. The van der Waals surface area contributed by atoms with Crippen molar-refractivity contribution in [3.8, 4) is 0 Å². The summed E-state index contributed by atoms with van der Waals surface area (Å²) in [4.78, 5) is 26.0. The Bertz CT molecular complexity index is 447. The average Bonchev–Trinajstić information content (AvgIpc) is 2.94. The molecule has 0 N–H and O–H groups in total. The number of hydrogen-bond donors (Lipinski definition) is 0. The van der Waals surface area contributed by atoms with Gasteiger partial charge in [0.25, 0.3) is 0 Å². The minimum Gasteiger partial charge on any atom is -0.549 e. The van der Waals surface area contributed by atoms with E-state index in [9.17, 15) is 27.9 Å². The first-order valence-electron chi connectivity index (χ1n) is 6.90. The van der Waals surface area contributed by atoms with Crippen LogP contribution in [0.4, 0.5) is 13.2 Å². The summed E-state index contributed by atoms with van der Waals surface area (Å²) < 4.78 is 37.0. The van der Waals surface area contributed by atoms with Crippen molar-refractivity contribution in [1.82, 2.24) is 9.80 Å². The zero-order valence-corrected chi connectivity index (χ0v) is 15.9. The molecule has 2 saturated heterocycles. The minimum absolute atomic E-state index is 0. The van der Waals surface area contributed by atoms with E-state index in [4.69, 9.17) is 0 Å². The van der Waals surface area contributed by atoms with E-state index < -0.39 is 30.0 Å². The Kier molecular flexibility index (Phi) is 6.92. The van der Waals surface area contributed by atoms with Gasteiger partial charge in [-0.1, -0.05) is 6.92 Å². The molecule has 0 aromatic rings. The van der Waals surface area contributed by atoms with Gasteiger partial charge in [-0.25, -0.2) is 0 Å². The number of carbonyl (C=O) groups excluding carboxylic acids is 2. The van der Waals surface area contributed by atoms with E-state index >= 15 is 0 Å². The molecule has 0 spiro atoms. The van der Waals surface area contributed by atoms with Crippen LogP contribution in [0, 0.1) is 11.3 Å². The standard InChI is InChI=1S/C13H19F3N2O3.K/c1-12(11(20)21)3-5-18(7-12)10(19)9-2-4-17(6-9)8-13(14,15)16;/h9H,2-8H2,1H3,(H,20,21);/q;+1/p-1. The summed E-state index contributed by atoms with van der Waals surface area (Å²) in [6.45, 7) is 1.23. The van der Waals surface area contributed by atoms with E-state index in [0.717, 1.165) is 0 Å². The Hall–Kier alpha value is 0.326. The largest absolute Gasteiger partial charge is 1.00 e. The number of aliphatic carboxylic acids is 1. The minimum atomic E-state index is -4.26. The van der Waals surface area contributed by atoms with Crippen LogP contribution in [0.3, 0.4) is 0 Å². The number of hydrogen-bond acceptors (Lipinski definition) is 4. The summed E-state index contributed by atoms with van der Waals surface area (Å²) >= 11 is 0. The van der Waals surface area contributed by atoms with E-state index in [1.807, 2.05) is 0 Å². The van der Waals surface area contributed by atoms with Crippen LogP contribution in [-0.2, 0) is 9.59 Å². The smallest absolute Gasteiger partial charge is 0.549 e. The molecule has 2 unspecified atom stereocenters. The van der Waals surface area contributed by atoms with E-state index in [1.54, 1.807) is 0 Å². The van der Waals surface area contributed by atoms with E-state index in [2.05, 4.69) is 0 Å². The maximum Gasteiger partial charge on any atom is 1.00 e. The number of nitrogens with zero attached hydrogens (tertiary/aromatic N) is 2. The van der Waals surface area contributed by atoms with Gasteiger partial charge in [0.2, 0.25) is 5.91 Å². The molecule has 2 atom stereocenters. The maximum absolute atomic E-state index is 12.3. The van der Waals surface area contributed by atoms with Gasteiger partial charge < -0.3 is 14.8 Å². The second kappa shape index (κ2) is 7.48. The average molecular weight is 346 g/mol. The number of rotatable bonds is 3. The van der Waals surface area contributed by atoms with E-state index in [0.29, 0.717) is 19.4 Å². The molecule has 22 heavy (non-hydrogen) atoms. The molecular formula is C13H18F3KN2O3. The third-order valence-corrected chi connectivity index (χ3v) is 4.30. The molecule has 0 radical (unpaired) electrons. The molecule has 2 fully saturated rings. The first-order valence-corrected chi connectivity index (χ1v) is 6.90. The van der Waals surface area contributed by atoms with E-state index in [-0.39, 0.29) is 76.9 Å². The van der Waals surface area contributed by atoms with Crippen molar-refractivity contribution in [3.63, 3.8) is 0 Å². The van der Waals surface area contributed by atoms with Gasteiger partial charge in [-0.05, 0) is 19.4 Å². The molecule has 2 aliphatic rings. The maximum atomic E-state index is 12.3. The SMILES string of the molecule is CC1(C(=O)[O-])CCN(C(=O)C2CCN(CC(F)(F)F)C2)C1.[K+]. The molecule has 1 amide bonds. The quantitative estimate of drug-likeness (QED) is 0.507. The van der Waals surface area contributed by atoms with Crippen molar-refractivity contribution < 1.29 is 79.3 Å². The van der Waals surface area contributed by atoms with Crippen LogP contribution in [0.5, 0.6) is 0 Å². The summed E-state index contributed by atoms with van der Waals surface area (Å²) in [5.41, 5.74) is -1.06. The fourth-order valence-electron chi connectivity index (χ4n) is 3.01. The van der Waals surface area contributed by atoms with Gasteiger partial charge >= 0.3 is 57.6 Å². The number of halogens is 3. The molecule has 0 bridgehead atoms. The fourth-order valence-corrected chi connectivity index (χ4v) is 3.01. The van der Waals surface area contributed by atoms with Crippen molar-refractivity contribution in [2.24, 2.45) is 11.3 Å². The van der Waals surface area contributed by atoms with Crippen LogP contribution in [0.15, 0.2) is 0 Å². The number of amides is 1.